The Morgan fingerprint density at radius 2 is 0.678 bits per heavy atom. The average Bonchev–Trinajstić information content (AvgIpc) is 0.843. The van der Waals surface area contributed by atoms with E-state index < -0.39 is 0 Å². The van der Waals surface area contributed by atoms with Gasteiger partial charge in [0.25, 0.3) is 0 Å². The quantitative estimate of drug-likeness (QED) is 0.0551. The van der Waals surface area contributed by atoms with Gasteiger partial charge in [0.15, 0.2) is 0 Å². The zero-order valence-electron chi connectivity index (χ0n) is 65.1. The van der Waals surface area contributed by atoms with Gasteiger partial charge in [-0.3, -0.25) is 79.0 Å². The number of carbonyl (C=O) groups is 4. The van der Waals surface area contributed by atoms with Crippen LogP contribution in [0.2, 0.25) is 0 Å². The van der Waals surface area contributed by atoms with Gasteiger partial charge in [0.2, 0.25) is 23.6 Å². The first-order valence-corrected chi connectivity index (χ1v) is 37.7. The molecule has 2 aromatic carbocycles. The number of hydrogen-bond acceptors (Lipinski definition) is 18. The van der Waals surface area contributed by atoms with Crippen molar-refractivity contribution in [3.63, 3.8) is 0 Å². The van der Waals surface area contributed by atoms with Crippen LogP contribution in [0.25, 0.3) is 90.1 Å². The average molecular weight is 1560 g/mol. The summed E-state index contributed by atoms with van der Waals surface area (Å²) in [5.74, 6) is 0.161. The summed E-state index contributed by atoms with van der Waals surface area (Å²) in [6, 6.07) is 65.6. The number of benzene rings is 2. The minimum Gasteiger partial charge on any atom is -0.324 e. The Morgan fingerprint density at radius 3 is 1.08 bits per heavy atom. The van der Waals surface area contributed by atoms with Gasteiger partial charge in [-0.25, -0.2) is 14.4 Å². The van der Waals surface area contributed by atoms with Crippen LogP contribution in [0, 0.1) is 40.4 Å². The third-order valence-corrected chi connectivity index (χ3v) is 18.3. The molecule has 16 rings (SSSR count). The number of halogens is 1. The van der Waals surface area contributed by atoms with Crippen LogP contribution in [0.15, 0.2) is 318 Å². The molecule has 4 amide bonds. The third kappa shape index (κ3) is 23.0. The van der Waals surface area contributed by atoms with E-state index in [0.29, 0.717) is 34.3 Å². The molecule has 4 N–H and O–H groups in total. The van der Waals surface area contributed by atoms with E-state index in [1.54, 1.807) is 142 Å². The summed E-state index contributed by atoms with van der Waals surface area (Å²) < 4.78 is 13.4. The smallest absolute Gasteiger partial charge is 0.230 e. The highest BCUT2D eigenvalue weighted by Gasteiger charge is 2.16. The number of rotatable bonds is 20. The largest absolute Gasteiger partial charge is 0.324 e. The number of nitrogens with one attached hydrogen (secondary N) is 4. The van der Waals surface area contributed by atoms with Gasteiger partial charge in [0.1, 0.15) is 17.5 Å². The highest BCUT2D eigenvalue weighted by Crippen LogP contribution is 2.28. The predicted molar refractivity (Wildman–Crippen MR) is 457 cm³/mol. The van der Waals surface area contributed by atoms with E-state index in [1.165, 1.54) is 17.7 Å². The number of anilines is 4. The molecule has 16 aromatic rings. The number of aryl methyl sites for hydroxylation is 5. The van der Waals surface area contributed by atoms with Crippen molar-refractivity contribution in [3.8, 4) is 90.1 Å². The van der Waals surface area contributed by atoms with Crippen molar-refractivity contribution in [2.24, 2.45) is 0 Å². The number of nitrogens with zero attached hydrogens (tertiary/aromatic N) is 14. The Labute approximate surface area is 681 Å². The highest BCUT2D eigenvalue weighted by atomic mass is 19.1. The molecule has 118 heavy (non-hydrogen) atoms. The SMILES string of the molecule is Cc1cc(CC(=O)Nc2ccc(-c3cccc(F)c3)nc2)cnc1-c1ccncc1.Cc1cc(CC(=O)Nc2ccc(-c3ccccn3)cn2)cnc1-c1ccncc1.Cc1cccc(-c2ccc(NC(=O)Cc3cnc(-c4ccnc(C)c4)c(C)c3)cn2)c1.O=C(Cc1ccc(-c2ccncc2)nc1)Nc1ccc(-c2ccccn2)cn1. The Morgan fingerprint density at radius 1 is 0.271 bits per heavy atom. The van der Waals surface area contributed by atoms with E-state index in [0.717, 1.165) is 123 Å². The fourth-order valence-electron chi connectivity index (χ4n) is 12.6. The van der Waals surface area contributed by atoms with Crippen LogP contribution in [0.3, 0.4) is 0 Å². The van der Waals surface area contributed by atoms with E-state index in [4.69, 9.17) is 0 Å². The van der Waals surface area contributed by atoms with E-state index in [-0.39, 0.29) is 55.1 Å². The topological polar surface area (TPSA) is 297 Å². The standard InChI is InChI=1S/C26H24N4O.C24H19FN4O.C23H19N5O.C22H17N5O/c1-17-5-4-6-21(11-17)24-8-7-23(16-28-24)30-25(31)14-20-12-18(2)26(29-15-20)22-9-10-27-19(3)13-22;1-16-11-17(14-28-24(16)18-7-9-26-10-8-18)12-23(30)29-21-5-6-22(27-15-21)19-3-2-4-20(25)13-19;1-16-12-17(14-27-23(16)18-7-10-24-11-8-18)13-22(29)28-21-6-5-19(15-26-21)20-4-2-3-9-25-20;28-22(13-16-4-6-20(25-14-16)17-8-11-23-12-9-17)27-21-7-5-18(15-26-21)19-3-1-2-10-24-19/h4-13,15-16H,14H2,1-3H3,(H,30,31);2-11,13-15H,12H2,1H3,(H,29,30);2-12,14-15H,13H2,1H3,(H,26,28,29);1-12,14-15H,13H2,(H,26,27,28). The van der Waals surface area contributed by atoms with Crippen LogP contribution >= 0.6 is 0 Å². The summed E-state index contributed by atoms with van der Waals surface area (Å²) >= 11 is 0. The monoisotopic (exact) mass is 1550 g/mol. The van der Waals surface area contributed by atoms with Gasteiger partial charge in [-0.1, -0.05) is 72.3 Å². The minimum atomic E-state index is -0.314. The lowest BCUT2D eigenvalue weighted by molar-refractivity contribution is -0.116. The Balaban J connectivity index is 0.000000136. The number of hydrogen-bond donors (Lipinski definition) is 4. The number of carbonyl (C=O) groups excluding carboxylic acids is 4. The Hall–Kier alpha value is -15.7. The first-order chi connectivity index (χ1) is 57.5. The number of aromatic nitrogens is 14. The molecule has 580 valence electrons. The van der Waals surface area contributed by atoms with E-state index >= 15 is 0 Å². The lowest BCUT2D eigenvalue weighted by atomic mass is 10.0. The second-order valence-corrected chi connectivity index (χ2v) is 27.4. The normalized spacial score (nSPS) is 10.6. The molecule has 0 saturated heterocycles. The van der Waals surface area contributed by atoms with E-state index in [1.807, 2.05) is 179 Å². The van der Waals surface area contributed by atoms with Crippen LogP contribution in [0.5, 0.6) is 0 Å². The fourth-order valence-corrected chi connectivity index (χ4v) is 12.6. The van der Waals surface area contributed by atoms with Gasteiger partial charge in [-0.2, -0.15) is 0 Å². The fraction of sp³-hybridized carbons (Fsp3) is 0.0947. The maximum Gasteiger partial charge on any atom is 0.230 e. The molecular formula is C95H79FN18O4. The second-order valence-electron chi connectivity index (χ2n) is 27.4. The molecule has 0 aliphatic heterocycles. The van der Waals surface area contributed by atoms with Crippen molar-refractivity contribution in [1.82, 2.24) is 69.8 Å². The number of pyridine rings is 14. The molecule has 0 spiro atoms. The van der Waals surface area contributed by atoms with E-state index in [2.05, 4.69) is 110 Å². The summed E-state index contributed by atoms with van der Waals surface area (Å²) in [5.41, 5.74) is 24.1. The van der Waals surface area contributed by atoms with Gasteiger partial charge in [-0.15, -0.1) is 0 Å². The molecule has 0 aliphatic rings. The second kappa shape index (κ2) is 39.7. The van der Waals surface area contributed by atoms with Gasteiger partial charge >= 0.3 is 0 Å². The molecule has 0 fully saturated rings. The van der Waals surface area contributed by atoms with Crippen LogP contribution in [-0.4, -0.2) is 93.4 Å². The van der Waals surface area contributed by atoms with Crippen LogP contribution in [0.4, 0.5) is 27.4 Å². The molecule has 22 nitrogen and oxygen atoms in total. The molecule has 0 aliphatic carbocycles. The molecule has 0 bridgehead atoms. The van der Waals surface area contributed by atoms with Gasteiger partial charge in [0, 0.05) is 143 Å². The zero-order chi connectivity index (χ0) is 82.0. The molecular weight excluding hydrogens is 1480 g/mol. The summed E-state index contributed by atoms with van der Waals surface area (Å²) in [6.07, 6.45) is 30.1. The molecule has 14 aromatic heterocycles. The van der Waals surface area contributed by atoms with Gasteiger partial charge in [-0.05, 0) is 219 Å². The van der Waals surface area contributed by atoms with Crippen molar-refractivity contribution < 1.29 is 23.6 Å². The van der Waals surface area contributed by atoms with Crippen molar-refractivity contribution in [2.45, 2.75) is 60.3 Å². The molecule has 0 atom stereocenters. The van der Waals surface area contributed by atoms with E-state index in [9.17, 15) is 23.6 Å². The van der Waals surface area contributed by atoms with Crippen molar-refractivity contribution in [1.29, 1.82) is 0 Å². The maximum absolute atomic E-state index is 13.4. The summed E-state index contributed by atoms with van der Waals surface area (Å²) in [4.78, 5) is 110. The zero-order valence-corrected chi connectivity index (χ0v) is 65.1. The lowest BCUT2D eigenvalue weighted by Crippen LogP contribution is -2.15. The third-order valence-electron chi connectivity index (χ3n) is 18.3. The first kappa shape index (κ1) is 80.4. The number of amides is 4. The molecule has 0 unspecified atom stereocenters. The molecule has 23 heteroatoms. The van der Waals surface area contributed by atoms with Gasteiger partial charge < -0.3 is 21.3 Å². The Kier molecular flexibility index (Phi) is 27.0. The highest BCUT2D eigenvalue weighted by molar-refractivity contribution is 5.94. The van der Waals surface area contributed by atoms with Crippen LogP contribution < -0.4 is 21.3 Å². The van der Waals surface area contributed by atoms with Crippen molar-refractivity contribution in [2.75, 3.05) is 21.3 Å². The predicted octanol–water partition coefficient (Wildman–Crippen LogP) is 18.0. The van der Waals surface area contributed by atoms with Crippen molar-refractivity contribution >= 4 is 46.6 Å². The maximum atomic E-state index is 13.4. The summed E-state index contributed by atoms with van der Waals surface area (Å²) in [5, 5.41) is 11.4. The lowest BCUT2D eigenvalue weighted by Gasteiger charge is -2.09. The Bertz CT molecular complexity index is 5980. The molecule has 14 heterocycles. The molecule has 0 radical (unpaired) electrons. The van der Waals surface area contributed by atoms with Crippen molar-refractivity contribution in [3.05, 3.63) is 374 Å². The molecule has 0 saturated carbocycles. The first-order valence-electron chi connectivity index (χ1n) is 37.7. The van der Waals surface area contributed by atoms with Crippen LogP contribution in [-0.2, 0) is 44.9 Å². The minimum absolute atomic E-state index is 0.0983. The summed E-state index contributed by atoms with van der Waals surface area (Å²) in [7, 11) is 0. The summed E-state index contributed by atoms with van der Waals surface area (Å²) in [6.45, 7) is 9.98. The van der Waals surface area contributed by atoms with Gasteiger partial charge in [0.05, 0.1) is 95.0 Å². The van der Waals surface area contributed by atoms with Crippen LogP contribution in [0.1, 0.15) is 50.2 Å².